The van der Waals surface area contributed by atoms with Gasteiger partial charge >= 0.3 is 0 Å². The van der Waals surface area contributed by atoms with Crippen molar-refractivity contribution >= 4 is 11.6 Å². The third-order valence-corrected chi connectivity index (χ3v) is 3.01. The fraction of sp³-hybridized carbons (Fsp3) is 0.733. The second kappa shape index (κ2) is 8.74. The van der Waals surface area contributed by atoms with Crippen LogP contribution in [0.1, 0.15) is 58.7 Å². The van der Waals surface area contributed by atoms with Crippen LogP contribution in [0.4, 0.5) is 11.6 Å². The molecule has 1 aromatic heterocycles. The average molecular weight is 280 g/mol. The molecule has 0 spiro atoms. The minimum Gasteiger partial charge on any atom is -0.396 e. The Morgan fingerprint density at radius 3 is 2.50 bits per heavy atom. The third kappa shape index (κ3) is 5.74. The smallest absolute Gasteiger partial charge is 0.135 e. The number of aliphatic hydroxyl groups is 1. The Labute approximate surface area is 122 Å². The van der Waals surface area contributed by atoms with Gasteiger partial charge in [0, 0.05) is 31.2 Å². The minimum atomic E-state index is 0.232. The van der Waals surface area contributed by atoms with E-state index >= 15 is 0 Å². The van der Waals surface area contributed by atoms with Crippen molar-refractivity contribution in [3.05, 3.63) is 11.9 Å². The molecule has 0 fully saturated rings. The van der Waals surface area contributed by atoms with E-state index in [1.807, 2.05) is 6.07 Å². The van der Waals surface area contributed by atoms with Gasteiger partial charge < -0.3 is 15.7 Å². The minimum absolute atomic E-state index is 0.232. The van der Waals surface area contributed by atoms with Crippen LogP contribution >= 0.6 is 0 Å². The molecule has 0 bridgehead atoms. The van der Waals surface area contributed by atoms with E-state index in [-0.39, 0.29) is 12.6 Å². The predicted octanol–water partition coefficient (Wildman–Crippen LogP) is 2.99. The van der Waals surface area contributed by atoms with E-state index in [1.54, 1.807) is 0 Å². The van der Waals surface area contributed by atoms with E-state index in [9.17, 15) is 0 Å². The van der Waals surface area contributed by atoms with Crippen molar-refractivity contribution in [2.24, 2.45) is 0 Å². The SMILES string of the molecule is CCCNc1cc(NC(C)CCCO)nc(C(C)C)n1. The van der Waals surface area contributed by atoms with Crippen LogP contribution in [0.15, 0.2) is 6.07 Å². The summed E-state index contributed by atoms with van der Waals surface area (Å²) < 4.78 is 0. The summed E-state index contributed by atoms with van der Waals surface area (Å²) in [6, 6.07) is 2.24. The standard InChI is InChI=1S/C15H28N4O/c1-5-8-16-13-10-14(17-12(4)7-6-9-20)19-15(18-13)11(2)3/h10-12,20H,5-9H2,1-4H3,(H2,16,17,18,19). The number of nitrogens with zero attached hydrogens (tertiary/aromatic N) is 2. The molecule has 20 heavy (non-hydrogen) atoms. The molecule has 1 aromatic rings. The quantitative estimate of drug-likeness (QED) is 0.648. The van der Waals surface area contributed by atoms with Crippen molar-refractivity contribution in [1.29, 1.82) is 0 Å². The van der Waals surface area contributed by atoms with Crippen molar-refractivity contribution in [1.82, 2.24) is 9.97 Å². The summed E-state index contributed by atoms with van der Waals surface area (Å²) in [7, 11) is 0. The topological polar surface area (TPSA) is 70.1 Å². The van der Waals surface area contributed by atoms with Crippen molar-refractivity contribution in [3.63, 3.8) is 0 Å². The Bertz CT molecular complexity index is 395. The molecule has 0 radical (unpaired) electrons. The number of hydrogen-bond donors (Lipinski definition) is 3. The summed E-state index contributed by atoms with van der Waals surface area (Å²) in [6.45, 7) is 9.57. The van der Waals surface area contributed by atoms with Crippen LogP contribution in [0, 0.1) is 0 Å². The van der Waals surface area contributed by atoms with Crippen LogP contribution in [0.2, 0.25) is 0 Å². The van der Waals surface area contributed by atoms with E-state index in [1.165, 1.54) is 0 Å². The highest BCUT2D eigenvalue weighted by atomic mass is 16.2. The number of aliphatic hydroxyl groups excluding tert-OH is 1. The van der Waals surface area contributed by atoms with Crippen LogP contribution in [0.3, 0.4) is 0 Å². The summed E-state index contributed by atoms with van der Waals surface area (Å²) >= 11 is 0. The maximum Gasteiger partial charge on any atom is 0.135 e. The predicted molar refractivity (Wildman–Crippen MR) is 84.3 cm³/mol. The van der Waals surface area contributed by atoms with Gasteiger partial charge in [0.05, 0.1) is 0 Å². The fourth-order valence-corrected chi connectivity index (χ4v) is 1.86. The van der Waals surface area contributed by atoms with Gasteiger partial charge in [-0.3, -0.25) is 0 Å². The number of anilines is 2. The zero-order chi connectivity index (χ0) is 15.0. The number of hydrogen-bond acceptors (Lipinski definition) is 5. The van der Waals surface area contributed by atoms with E-state index in [0.717, 1.165) is 43.3 Å². The largest absolute Gasteiger partial charge is 0.396 e. The first-order valence-electron chi connectivity index (χ1n) is 7.57. The van der Waals surface area contributed by atoms with Gasteiger partial charge in [-0.2, -0.15) is 0 Å². The molecule has 5 nitrogen and oxygen atoms in total. The second-order valence-electron chi connectivity index (χ2n) is 5.49. The summed E-state index contributed by atoms with van der Waals surface area (Å²) in [5, 5.41) is 15.6. The zero-order valence-corrected chi connectivity index (χ0v) is 13.1. The molecule has 0 amide bonds. The molecule has 1 atom stereocenters. The maximum atomic E-state index is 8.88. The summed E-state index contributed by atoms with van der Waals surface area (Å²) in [6.07, 6.45) is 2.79. The van der Waals surface area contributed by atoms with Crippen molar-refractivity contribution < 1.29 is 5.11 Å². The van der Waals surface area contributed by atoms with Crippen LogP contribution in [-0.2, 0) is 0 Å². The van der Waals surface area contributed by atoms with Gasteiger partial charge in [0.2, 0.25) is 0 Å². The van der Waals surface area contributed by atoms with E-state index in [2.05, 4.69) is 48.3 Å². The summed E-state index contributed by atoms with van der Waals surface area (Å²) in [5.74, 6) is 2.88. The van der Waals surface area contributed by atoms with Gasteiger partial charge in [0.1, 0.15) is 17.5 Å². The highest BCUT2D eigenvalue weighted by Gasteiger charge is 2.09. The first-order valence-corrected chi connectivity index (χ1v) is 7.57. The van der Waals surface area contributed by atoms with Gasteiger partial charge in [-0.05, 0) is 26.2 Å². The average Bonchev–Trinajstić information content (AvgIpc) is 2.42. The molecule has 1 heterocycles. The number of aromatic nitrogens is 2. The van der Waals surface area contributed by atoms with E-state index < -0.39 is 0 Å². The molecule has 0 aliphatic rings. The van der Waals surface area contributed by atoms with E-state index in [4.69, 9.17) is 5.11 Å². The normalized spacial score (nSPS) is 12.5. The summed E-state index contributed by atoms with van der Waals surface area (Å²) in [5.41, 5.74) is 0. The Kier molecular flexibility index (Phi) is 7.30. The van der Waals surface area contributed by atoms with Crippen LogP contribution in [0.25, 0.3) is 0 Å². The van der Waals surface area contributed by atoms with Crippen molar-refractivity contribution in [3.8, 4) is 0 Å². The van der Waals surface area contributed by atoms with Gasteiger partial charge in [0.15, 0.2) is 0 Å². The lowest BCUT2D eigenvalue weighted by molar-refractivity contribution is 0.282. The first kappa shape index (κ1) is 16.7. The number of nitrogens with one attached hydrogen (secondary N) is 2. The van der Waals surface area contributed by atoms with Crippen LogP contribution < -0.4 is 10.6 Å². The van der Waals surface area contributed by atoms with Crippen molar-refractivity contribution in [2.45, 2.75) is 58.9 Å². The molecule has 1 rings (SSSR count). The maximum absolute atomic E-state index is 8.88. The van der Waals surface area contributed by atoms with Gasteiger partial charge in [-0.25, -0.2) is 9.97 Å². The summed E-state index contributed by atoms with van der Waals surface area (Å²) in [4.78, 5) is 9.10. The molecule has 114 valence electrons. The first-order chi connectivity index (χ1) is 9.56. The molecule has 0 saturated carbocycles. The van der Waals surface area contributed by atoms with E-state index in [0.29, 0.717) is 5.92 Å². The molecule has 0 aromatic carbocycles. The van der Waals surface area contributed by atoms with Crippen molar-refractivity contribution in [2.75, 3.05) is 23.8 Å². The molecular formula is C15H28N4O. The lowest BCUT2D eigenvalue weighted by atomic mass is 10.2. The molecular weight excluding hydrogens is 252 g/mol. The second-order valence-corrected chi connectivity index (χ2v) is 5.49. The lowest BCUT2D eigenvalue weighted by Gasteiger charge is -2.16. The highest BCUT2D eigenvalue weighted by Crippen LogP contribution is 2.18. The molecule has 0 saturated heterocycles. The Morgan fingerprint density at radius 2 is 1.90 bits per heavy atom. The van der Waals surface area contributed by atoms with Crippen LogP contribution in [-0.4, -0.2) is 34.3 Å². The Hall–Kier alpha value is -1.36. The molecule has 1 unspecified atom stereocenters. The molecule has 0 aliphatic carbocycles. The Balaban J connectivity index is 2.79. The monoisotopic (exact) mass is 280 g/mol. The highest BCUT2D eigenvalue weighted by molar-refractivity contribution is 5.48. The third-order valence-electron chi connectivity index (χ3n) is 3.01. The zero-order valence-electron chi connectivity index (χ0n) is 13.1. The van der Waals surface area contributed by atoms with Crippen LogP contribution in [0.5, 0.6) is 0 Å². The van der Waals surface area contributed by atoms with Gasteiger partial charge in [-0.15, -0.1) is 0 Å². The Morgan fingerprint density at radius 1 is 1.20 bits per heavy atom. The lowest BCUT2D eigenvalue weighted by Crippen LogP contribution is -2.18. The van der Waals surface area contributed by atoms with Gasteiger partial charge in [-0.1, -0.05) is 20.8 Å². The molecule has 3 N–H and O–H groups in total. The molecule has 5 heteroatoms. The van der Waals surface area contributed by atoms with Gasteiger partial charge in [0.25, 0.3) is 0 Å². The molecule has 0 aliphatic heterocycles. The fourth-order valence-electron chi connectivity index (χ4n) is 1.86. The number of rotatable bonds is 9.